The summed E-state index contributed by atoms with van der Waals surface area (Å²) in [6.07, 6.45) is 1.26. The van der Waals surface area contributed by atoms with E-state index in [1.165, 1.54) is 13.4 Å². The van der Waals surface area contributed by atoms with Gasteiger partial charge in [0.1, 0.15) is 6.26 Å². The van der Waals surface area contributed by atoms with Crippen LogP contribution in [0.5, 0.6) is 0 Å². The molecule has 1 rings (SSSR count). The van der Waals surface area contributed by atoms with Crippen molar-refractivity contribution in [3.63, 3.8) is 0 Å². The van der Waals surface area contributed by atoms with Gasteiger partial charge in [-0.15, -0.1) is 0 Å². The lowest BCUT2D eigenvalue weighted by Gasteiger charge is -1.88. The van der Waals surface area contributed by atoms with Crippen LogP contribution in [0.3, 0.4) is 0 Å². The number of halogens is 1. The van der Waals surface area contributed by atoms with Gasteiger partial charge in [0, 0.05) is 22.6 Å². The van der Waals surface area contributed by atoms with Gasteiger partial charge in [-0.25, -0.2) is 4.79 Å². The summed E-state index contributed by atoms with van der Waals surface area (Å²) in [6, 6.07) is 0. The minimum atomic E-state index is -0.480. The van der Waals surface area contributed by atoms with Crippen molar-refractivity contribution in [1.82, 2.24) is 4.98 Å². The molecular weight excluding hydrogens is 249 g/mol. The number of carbonyl (C=O) groups excluding carboxylic acids is 1. The van der Waals surface area contributed by atoms with Crippen LogP contribution in [-0.4, -0.2) is 18.1 Å². The molecule has 0 bridgehead atoms. The highest BCUT2D eigenvalue weighted by Gasteiger charge is 2.09. The highest BCUT2D eigenvalue weighted by Crippen LogP contribution is 2.04. The molecule has 0 atom stereocenters. The van der Waals surface area contributed by atoms with E-state index in [0.29, 0.717) is 3.90 Å². The lowest BCUT2D eigenvalue weighted by molar-refractivity contribution is 0.0594. The fraction of sp³-hybridized carbons (Fsp3) is 0.200. The average Bonchev–Trinajstić information content (AvgIpc) is 2.34. The number of aromatic nitrogens is 1. The summed E-state index contributed by atoms with van der Waals surface area (Å²) in [5.74, 6) is -0.480. The number of nitrogens with zero attached hydrogens (tertiary/aromatic N) is 1. The number of hydrogen-bond acceptors (Lipinski definition) is 4. The summed E-state index contributed by atoms with van der Waals surface area (Å²) in [5, 5.41) is 0. The predicted molar refractivity (Wildman–Crippen MR) is 40.6 cm³/mol. The maximum Gasteiger partial charge on any atom is 0.360 e. The number of carbonyl (C=O) groups is 1. The molecule has 0 aliphatic rings. The Morgan fingerprint density at radius 3 is 3.00 bits per heavy atom. The SMILES string of the molecule is COC(=O)c1coc(I)n1. The molecule has 5 heteroatoms. The zero-order valence-electron chi connectivity index (χ0n) is 5.13. The van der Waals surface area contributed by atoms with Crippen LogP contribution in [0.15, 0.2) is 10.7 Å². The van der Waals surface area contributed by atoms with E-state index in [1.807, 2.05) is 22.6 Å². The summed E-state index contributed by atoms with van der Waals surface area (Å²) < 4.78 is 9.58. The van der Waals surface area contributed by atoms with Crippen molar-refractivity contribution >= 4 is 28.6 Å². The lowest BCUT2D eigenvalue weighted by atomic mass is 10.5. The molecule has 4 nitrogen and oxygen atoms in total. The molecular formula is C5H4INO3. The van der Waals surface area contributed by atoms with Crippen molar-refractivity contribution in [3.05, 3.63) is 15.9 Å². The Hall–Kier alpha value is -0.590. The van der Waals surface area contributed by atoms with Crippen LogP contribution in [0, 0.1) is 3.90 Å². The molecule has 1 heterocycles. The second-order valence-corrected chi connectivity index (χ2v) is 2.40. The maximum atomic E-state index is 10.7. The van der Waals surface area contributed by atoms with Gasteiger partial charge in [-0.3, -0.25) is 0 Å². The fourth-order valence-electron chi connectivity index (χ4n) is 0.450. The van der Waals surface area contributed by atoms with E-state index in [0.717, 1.165) is 0 Å². The molecule has 1 aromatic rings. The summed E-state index contributed by atoms with van der Waals surface area (Å²) >= 11 is 1.86. The van der Waals surface area contributed by atoms with Gasteiger partial charge >= 0.3 is 5.97 Å². The Labute approximate surface area is 70.7 Å². The number of esters is 1. The smallest absolute Gasteiger partial charge is 0.360 e. The van der Waals surface area contributed by atoms with E-state index in [2.05, 4.69) is 9.72 Å². The van der Waals surface area contributed by atoms with Crippen LogP contribution in [0.2, 0.25) is 0 Å². The molecule has 10 heavy (non-hydrogen) atoms. The van der Waals surface area contributed by atoms with E-state index in [4.69, 9.17) is 4.42 Å². The second kappa shape index (κ2) is 3.00. The first-order valence-electron chi connectivity index (χ1n) is 2.43. The van der Waals surface area contributed by atoms with Crippen molar-refractivity contribution < 1.29 is 13.9 Å². The van der Waals surface area contributed by atoms with Crippen LogP contribution in [0.25, 0.3) is 0 Å². The first-order chi connectivity index (χ1) is 4.74. The Balaban J connectivity index is 2.85. The Bertz CT molecular complexity index is 245. The molecule has 0 aliphatic heterocycles. The third-order valence-corrected chi connectivity index (χ3v) is 1.37. The number of methoxy groups -OCH3 is 1. The molecule has 0 aromatic carbocycles. The van der Waals surface area contributed by atoms with Gasteiger partial charge in [0.05, 0.1) is 7.11 Å². The van der Waals surface area contributed by atoms with Crippen molar-refractivity contribution in [2.45, 2.75) is 0 Å². The quantitative estimate of drug-likeness (QED) is 0.554. The third-order valence-electron chi connectivity index (χ3n) is 0.871. The zero-order valence-corrected chi connectivity index (χ0v) is 7.28. The van der Waals surface area contributed by atoms with Gasteiger partial charge in [0.25, 0.3) is 3.90 Å². The van der Waals surface area contributed by atoms with Gasteiger partial charge in [-0.05, 0) is 0 Å². The number of hydrogen-bond donors (Lipinski definition) is 0. The Morgan fingerprint density at radius 2 is 2.60 bits per heavy atom. The van der Waals surface area contributed by atoms with Crippen LogP contribution in [-0.2, 0) is 4.74 Å². The van der Waals surface area contributed by atoms with Crippen LogP contribution in [0.1, 0.15) is 10.5 Å². The molecule has 1 aromatic heterocycles. The van der Waals surface area contributed by atoms with Gasteiger partial charge < -0.3 is 9.15 Å². The number of ether oxygens (including phenoxy) is 1. The Morgan fingerprint density at radius 1 is 1.90 bits per heavy atom. The van der Waals surface area contributed by atoms with Crippen LogP contribution < -0.4 is 0 Å². The first kappa shape index (κ1) is 7.52. The highest BCUT2D eigenvalue weighted by atomic mass is 127. The van der Waals surface area contributed by atoms with Gasteiger partial charge in [-0.1, -0.05) is 0 Å². The molecule has 0 saturated carbocycles. The molecule has 0 amide bonds. The molecule has 0 spiro atoms. The molecule has 0 fully saturated rings. The zero-order chi connectivity index (χ0) is 7.56. The summed E-state index contributed by atoms with van der Waals surface area (Å²) in [6.45, 7) is 0. The second-order valence-electron chi connectivity index (χ2n) is 1.48. The fourth-order valence-corrected chi connectivity index (χ4v) is 0.837. The van der Waals surface area contributed by atoms with Crippen molar-refractivity contribution in [1.29, 1.82) is 0 Å². The average molecular weight is 253 g/mol. The third kappa shape index (κ3) is 1.47. The molecule has 0 unspecified atom stereocenters. The predicted octanol–water partition coefficient (Wildman–Crippen LogP) is 1.07. The summed E-state index contributed by atoms with van der Waals surface area (Å²) in [4.78, 5) is 14.4. The molecule has 0 saturated heterocycles. The van der Waals surface area contributed by atoms with Crippen molar-refractivity contribution in [2.75, 3.05) is 7.11 Å². The van der Waals surface area contributed by atoms with Gasteiger partial charge in [0.2, 0.25) is 0 Å². The Kier molecular flexibility index (Phi) is 2.25. The largest absolute Gasteiger partial charge is 0.464 e. The number of rotatable bonds is 1. The van der Waals surface area contributed by atoms with Crippen molar-refractivity contribution in [2.24, 2.45) is 0 Å². The van der Waals surface area contributed by atoms with E-state index >= 15 is 0 Å². The lowest BCUT2D eigenvalue weighted by Crippen LogP contribution is -2.00. The van der Waals surface area contributed by atoms with E-state index in [9.17, 15) is 4.79 Å². The molecule has 0 radical (unpaired) electrons. The highest BCUT2D eigenvalue weighted by molar-refractivity contribution is 14.1. The van der Waals surface area contributed by atoms with E-state index < -0.39 is 5.97 Å². The van der Waals surface area contributed by atoms with Gasteiger partial charge in [0.15, 0.2) is 5.69 Å². The summed E-state index contributed by atoms with van der Waals surface area (Å²) in [5.41, 5.74) is 0.201. The molecule has 0 N–H and O–H groups in total. The van der Waals surface area contributed by atoms with Crippen molar-refractivity contribution in [3.8, 4) is 0 Å². The first-order valence-corrected chi connectivity index (χ1v) is 3.51. The number of oxazole rings is 1. The summed E-state index contributed by atoms with van der Waals surface area (Å²) in [7, 11) is 1.30. The molecule has 54 valence electrons. The normalized spacial score (nSPS) is 9.40. The van der Waals surface area contributed by atoms with E-state index in [-0.39, 0.29) is 5.69 Å². The van der Waals surface area contributed by atoms with Crippen LogP contribution in [0.4, 0.5) is 0 Å². The van der Waals surface area contributed by atoms with Crippen LogP contribution >= 0.6 is 22.6 Å². The molecule has 0 aliphatic carbocycles. The minimum Gasteiger partial charge on any atom is -0.464 e. The van der Waals surface area contributed by atoms with Gasteiger partial charge in [-0.2, -0.15) is 4.98 Å². The topological polar surface area (TPSA) is 52.3 Å². The van der Waals surface area contributed by atoms with E-state index in [1.54, 1.807) is 0 Å². The standard InChI is InChI=1S/C5H4INO3/c1-9-4(8)3-2-10-5(6)7-3/h2H,1H3. The minimum absolute atomic E-state index is 0.201. The monoisotopic (exact) mass is 253 g/mol. The maximum absolute atomic E-state index is 10.7.